The van der Waals surface area contributed by atoms with Gasteiger partial charge in [0.25, 0.3) is 0 Å². The van der Waals surface area contributed by atoms with Gasteiger partial charge in [-0.1, -0.05) is 66.7 Å². The minimum atomic E-state index is -0.392. The number of fused-ring (bicyclic) bond motifs is 2. The molecule has 0 unspecified atom stereocenters. The van der Waals surface area contributed by atoms with Crippen molar-refractivity contribution in [2.45, 2.75) is 25.9 Å². The van der Waals surface area contributed by atoms with Crippen LogP contribution in [-0.4, -0.2) is 34.8 Å². The van der Waals surface area contributed by atoms with Gasteiger partial charge in [0, 0.05) is 49.3 Å². The summed E-state index contributed by atoms with van der Waals surface area (Å²) in [5.41, 5.74) is 3.25. The molecule has 2 aliphatic heterocycles. The number of nitrogens with zero attached hydrogens (tertiary/aromatic N) is 3. The zero-order valence-electron chi connectivity index (χ0n) is 19.3. The van der Waals surface area contributed by atoms with E-state index in [1.54, 1.807) is 16.2 Å². The quantitative estimate of drug-likeness (QED) is 0.442. The number of carbonyl (C=O) groups is 2. The average Bonchev–Trinajstić information content (AvgIpc) is 3.46. The van der Waals surface area contributed by atoms with Gasteiger partial charge < -0.3 is 10.2 Å². The maximum Gasteiger partial charge on any atom is 0.231 e. The Morgan fingerprint density at radius 2 is 1.83 bits per heavy atom. The molecule has 0 spiro atoms. The molecular weight excluding hydrogens is 456 g/mol. The van der Waals surface area contributed by atoms with Crippen molar-refractivity contribution in [2.24, 2.45) is 5.92 Å². The molecule has 6 rings (SSSR count). The van der Waals surface area contributed by atoms with Crippen molar-refractivity contribution in [2.75, 3.05) is 23.3 Å². The second kappa shape index (κ2) is 9.24. The standard InChI is InChI=1S/C28H26N4O2S/c33-26-15-21(17-32(26)24-12-6-10-20-9-4-5-11-22(20)24)27(34)30-28-29-23-13-14-31(18-25(23)35-28)16-19-7-2-1-3-8-19/h1-12,21H,13-18H2,(H,29,30,34)/t21-/m0/s1. The monoisotopic (exact) mass is 482 g/mol. The van der Waals surface area contributed by atoms with E-state index in [1.807, 2.05) is 48.5 Å². The molecular formula is C28H26N4O2S. The van der Waals surface area contributed by atoms with Crippen molar-refractivity contribution in [3.05, 3.63) is 88.9 Å². The lowest BCUT2D eigenvalue weighted by Gasteiger charge is -2.25. The summed E-state index contributed by atoms with van der Waals surface area (Å²) in [5.74, 6) is -0.540. The van der Waals surface area contributed by atoms with Gasteiger partial charge in [-0.05, 0) is 17.0 Å². The fourth-order valence-corrected chi connectivity index (χ4v) is 6.10. The van der Waals surface area contributed by atoms with Gasteiger partial charge in [-0.3, -0.25) is 14.5 Å². The highest BCUT2D eigenvalue weighted by molar-refractivity contribution is 7.15. The van der Waals surface area contributed by atoms with E-state index < -0.39 is 5.92 Å². The molecule has 1 aromatic heterocycles. The topological polar surface area (TPSA) is 65.5 Å². The number of anilines is 2. The molecule has 4 aromatic rings. The van der Waals surface area contributed by atoms with E-state index in [-0.39, 0.29) is 18.2 Å². The molecule has 3 heterocycles. The molecule has 0 saturated carbocycles. The number of amides is 2. The van der Waals surface area contributed by atoms with Crippen LogP contribution in [0.1, 0.15) is 22.6 Å². The lowest BCUT2D eigenvalue weighted by molar-refractivity contribution is -0.122. The summed E-state index contributed by atoms with van der Waals surface area (Å²) in [6, 6.07) is 24.4. The summed E-state index contributed by atoms with van der Waals surface area (Å²) in [5, 5.41) is 5.75. The SMILES string of the molecule is O=C(Nc1nc2c(s1)CN(Cc1ccccc1)CC2)[C@H]1CC(=O)N(c2cccc3ccccc23)C1. The highest BCUT2D eigenvalue weighted by Crippen LogP contribution is 2.33. The smallest absolute Gasteiger partial charge is 0.231 e. The molecule has 0 bridgehead atoms. The Hall–Kier alpha value is -3.55. The number of hydrogen-bond acceptors (Lipinski definition) is 5. The molecule has 1 atom stereocenters. The van der Waals surface area contributed by atoms with E-state index in [0.29, 0.717) is 11.7 Å². The van der Waals surface area contributed by atoms with Crippen molar-refractivity contribution in [1.82, 2.24) is 9.88 Å². The number of aromatic nitrogens is 1. The number of rotatable bonds is 5. The van der Waals surface area contributed by atoms with Gasteiger partial charge in [0.1, 0.15) is 0 Å². The summed E-state index contributed by atoms with van der Waals surface area (Å²) in [6.45, 7) is 3.09. The Morgan fingerprint density at radius 1 is 1.03 bits per heavy atom. The molecule has 2 aliphatic rings. The van der Waals surface area contributed by atoms with Gasteiger partial charge in [0.2, 0.25) is 11.8 Å². The first kappa shape index (κ1) is 21.9. The summed E-state index contributed by atoms with van der Waals surface area (Å²) >= 11 is 1.55. The van der Waals surface area contributed by atoms with Gasteiger partial charge in [0.05, 0.1) is 17.3 Å². The first-order valence-corrected chi connectivity index (χ1v) is 12.8. The van der Waals surface area contributed by atoms with Crippen molar-refractivity contribution in [1.29, 1.82) is 0 Å². The zero-order chi connectivity index (χ0) is 23.8. The second-order valence-corrected chi connectivity index (χ2v) is 10.3. The van der Waals surface area contributed by atoms with E-state index in [2.05, 4.69) is 34.5 Å². The van der Waals surface area contributed by atoms with Crippen LogP contribution in [0.4, 0.5) is 10.8 Å². The molecule has 35 heavy (non-hydrogen) atoms. The highest BCUT2D eigenvalue weighted by atomic mass is 32.1. The number of nitrogens with one attached hydrogen (secondary N) is 1. The Bertz CT molecular complexity index is 1400. The van der Waals surface area contributed by atoms with Gasteiger partial charge in [-0.2, -0.15) is 0 Å². The van der Waals surface area contributed by atoms with Crippen molar-refractivity contribution in [3.8, 4) is 0 Å². The van der Waals surface area contributed by atoms with Crippen LogP contribution in [0.3, 0.4) is 0 Å². The first-order valence-electron chi connectivity index (χ1n) is 12.0. The Labute approximate surface area is 208 Å². The number of benzene rings is 3. The first-order chi connectivity index (χ1) is 17.1. The van der Waals surface area contributed by atoms with Crippen LogP contribution in [0.15, 0.2) is 72.8 Å². The van der Waals surface area contributed by atoms with Crippen molar-refractivity contribution >= 4 is 44.7 Å². The van der Waals surface area contributed by atoms with E-state index in [1.165, 1.54) is 10.4 Å². The molecule has 3 aromatic carbocycles. The molecule has 6 nitrogen and oxygen atoms in total. The Balaban J connectivity index is 1.12. The van der Waals surface area contributed by atoms with Crippen LogP contribution in [0.25, 0.3) is 10.8 Å². The van der Waals surface area contributed by atoms with Crippen molar-refractivity contribution < 1.29 is 9.59 Å². The number of hydrogen-bond donors (Lipinski definition) is 1. The van der Waals surface area contributed by atoms with Crippen LogP contribution in [0.2, 0.25) is 0 Å². The molecule has 7 heteroatoms. The average molecular weight is 483 g/mol. The van der Waals surface area contributed by atoms with Crippen LogP contribution in [0, 0.1) is 5.92 Å². The van der Waals surface area contributed by atoms with Crippen LogP contribution >= 0.6 is 11.3 Å². The van der Waals surface area contributed by atoms with E-state index >= 15 is 0 Å². The van der Waals surface area contributed by atoms with Crippen LogP contribution < -0.4 is 10.2 Å². The van der Waals surface area contributed by atoms with Gasteiger partial charge in [-0.15, -0.1) is 11.3 Å². The second-order valence-electron chi connectivity index (χ2n) is 9.23. The van der Waals surface area contributed by atoms with E-state index in [0.717, 1.165) is 48.2 Å². The lowest BCUT2D eigenvalue weighted by Crippen LogP contribution is -2.29. The third-order valence-corrected chi connectivity index (χ3v) is 7.84. The summed E-state index contributed by atoms with van der Waals surface area (Å²) in [7, 11) is 0. The normalized spacial score (nSPS) is 18.1. The van der Waals surface area contributed by atoms with Crippen LogP contribution in [-0.2, 0) is 29.1 Å². The molecule has 2 amide bonds. The molecule has 0 aliphatic carbocycles. The fourth-order valence-electron chi connectivity index (χ4n) is 5.05. The van der Waals surface area contributed by atoms with E-state index in [9.17, 15) is 9.59 Å². The predicted molar refractivity (Wildman–Crippen MR) is 139 cm³/mol. The predicted octanol–water partition coefficient (Wildman–Crippen LogP) is 4.85. The summed E-state index contributed by atoms with van der Waals surface area (Å²) in [6.07, 6.45) is 1.09. The minimum Gasteiger partial charge on any atom is -0.311 e. The Kier molecular flexibility index (Phi) is 5.80. The molecule has 0 radical (unpaired) electrons. The molecule has 176 valence electrons. The third-order valence-electron chi connectivity index (χ3n) is 6.84. The summed E-state index contributed by atoms with van der Waals surface area (Å²) in [4.78, 5) is 36.0. The van der Waals surface area contributed by atoms with Gasteiger partial charge in [-0.25, -0.2) is 4.98 Å². The number of carbonyl (C=O) groups excluding carboxylic acids is 2. The maximum absolute atomic E-state index is 13.1. The lowest BCUT2D eigenvalue weighted by atomic mass is 10.1. The molecule has 1 saturated heterocycles. The fraction of sp³-hybridized carbons (Fsp3) is 0.250. The molecule has 1 N–H and O–H groups in total. The largest absolute Gasteiger partial charge is 0.311 e. The highest BCUT2D eigenvalue weighted by Gasteiger charge is 2.36. The van der Waals surface area contributed by atoms with Gasteiger partial charge >= 0.3 is 0 Å². The third kappa shape index (κ3) is 4.45. The molecule has 1 fully saturated rings. The summed E-state index contributed by atoms with van der Waals surface area (Å²) < 4.78 is 0. The van der Waals surface area contributed by atoms with Gasteiger partial charge in [0.15, 0.2) is 5.13 Å². The van der Waals surface area contributed by atoms with E-state index in [4.69, 9.17) is 4.98 Å². The van der Waals surface area contributed by atoms with Crippen LogP contribution in [0.5, 0.6) is 0 Å². The van der Waals surface area contributed by atoms with Crippen molar-refractivity contribution in [3.63, 3.8) is 0 Å². The maximum atomic E-state index is 13.1. The number of thiazole rings is 1. The zero-order valence-corrected chi connectivity index (χ0v) is 20.1. The minimum absolute atomic E-state index is 0.0171. The Morgan fingerprint density at radius 3 is 2.71 bits per heavy atom.